The molecule has 2 aromatic rings. The first-order valence-corrected chi connectivity index (χ1v) is 6.37. The number of nitrogens with zero attached hydrogens (tertiary/aromatic N) is 1. The van der Waals surface area contributed by atoms with Crippen molar-refractivity contribution in [2.75, 3.05) is 5.73 Å². The Labute approximate surface area is 121 Å². The van der Waals surface area contributed by atoms with Gasteiger partial charge in [0.05, 0.1) is 12.1 Å². The highest BCUT2D eigenvalue weighted by Crippen LogP contribution is 2.28. The van der Waals surface area contributed by atoms with Crippen LogP contribution in [0.3, 0.4) is 0 Å². The topological polar surface area (TPSA) is 48.0 Å². The molecule has 106 valence electrons. The third-order valence-corrected chi connectivity index (χ3v) is 3.10. The van der Waals surface area contributed by atoms with Gasteiger partial charge in [-0.3, -0.25) is 4.79 Å². The molecule has 20 heavy (non-hydrogen) atoms. The highest BCUT2D eigenvalue weighted by molar-refractivity contribution is 9.10. The third kappa shape index (κ3) is 3.41. The fourth-order valence-electron chi connectivity index (χ4n) is 1.79. The second-order valence-electron chi connectivity index (χ2n) is 4.27. The first-order chi connectivity index (χ1) is 9.25. The number of hydrogen-bond donors (Lipinski definition) is 1. The largest absolute Gasteiger partial charge is 0.417 e. The van der Waals surface area contributed by atoms with E-state index in [4.69, 9.17) is 5.73 Å². The van der Waals surface area contributed by atoms with E-state index in [1.54, 1.807) is 18.2 Å². The molecule has 0 saturated carbocycles. The SMILES string of the molecule is Nc1cc(Br)cc(Cn2cc(C(F)(F)F)ccc2=O)c1. The van der Waals surface area contributed by atoms with E-state index in [1.165, 1.54) is 0 Å². The second kappa shape index (κ2) is 5.32. The summed E-state index contributed by atoms with van der Waals surface area (Å²) in [6.45, 7) is 0.0202. The summed E-state index contributed by atoms with van der Waals surface area (Å²) in [5.41, 5.74) is 5.39. The lowest BCUT2D eigenvalue weighted by molar-refractivity contribution is -0.138. The van der Waals surface area contributed by atoms with Crippen LogP contribution in [0.1, 0.15) is 11.1 Å². The summed E-state index contributed by atoms with van der Waals surface area (Å²) in [6, 6.07) is 6.65. The van der Waals surface area contributed by atoms with E-state index in [9.17, 15) is 18.0 Å². The smallest absolute Gasteiger partial charge is 0.399 e. The van der Waals surface area contributed by atoms with Crippen LogP contribution in [-0.2, 0) is 12.7 Å². The molecule has 1 aromatic heterocycles. The molecule has 0 fully saturated rings. The van der Waals surface area contributed by atoms with Crippen molar-refractivity contribution in [1.82, 2.24) is 4.57 Å². The molecule has 0 bridgehead atoms. The quantitative estimate of drug-likeness (QED) is 0.848. The van der Waals surface area contributed by atoms with Crippen molar-refractivity contribution < 1.29 is 13.2 Å². The summed E-state index contributed by atoms with van der Waals surface area (Å²) in [7, 11) is 0. The van der Waals surface area contributed by atoms with Gasteiger partial charge in [0.2, 0.25) is 0 Å². The van der Waals surface area contributed by atoms with Crippen LogP contribution >= 0.6 is 15.9 Å². The van der Waals surface area contributed by atoms with Gasteiger partial charge in [0.25, 0.3) is 5.56 Å². The lowest BCUT2D eigenvalue weighted by Gasteiger charge is -2.11. The summed E-state index contributed by atoms with van der Waals surface area (Å²) in [4.78, 5) is 11.6. The van der Waals surface area contributed by atoms with E-state index in [0.29, 0.717) is 15.7 Å². The average molecular weight is 347 g/mol. The van der Waals surface area contributed by atoms with Crippen LogP contribution in [0.5, 0.6) is 0 Å². The summed E-state index contributed by atoms with van der Waals surface area (Å²) in [5, 5.41) is 0. The maximum absolute atomic E-state index is 12.6. The normalized spacial score (nSPS) is 11.6. The van der Waals surface area contributed by atoms with Crippen LogP contribution in [0.4, 0.5) is 18.9 Å². The molecule has 2 rings (SSSR count). The minimum atomic E-state index is -4.48. The van der Waals surface area contributed by atoms with Crippen LogP contribution in [-0.4, -0.2) is 4.57 Å². The van der Waals surface area contributed by atoms with E-state index in [1.807, 2.05) is 0 Å². The predicted octanol–water partition coefficient (Wildman–Crippen LogP) is 3.26. The summed E-state index contributed by atoms with van der Waals surface area (Å²) in [6.07, 6.45) is -3.68. The maximum Gasteiger partial charge on any atom is 0.417 e. The Morgan fingerprint density at radius 3 is 2.50 bits per heavy atom. The Kier molecular flexibility index (Phi) is 3.89. The molecule has 3 nitrogen and oxygen atoms in total. The number of hydrogen-bond acceptors (Lipinski definition) is 2. The van der Waals surface area contributed by atoms with Crippen molar-refractivity contribution in [2.24, 2.45) is 0 Å². The summed E-state index contributed by atoms with van der Waals surface area (Å²) in [5.74, 6) is 0. The van der Waals surface area contributed by atoms with E-state index in [0.717, 1.165) is 22.9 Å². The minimum Gasteiger partial charge on any atom is -0.399 e. The Hall–Kier alpha value is -1.76. The molecule has 0 aliphatic carbocycles. The maximum atomic E-state index is 12.6. The highest BCUT2D eigenvalue weighted by Gasteiger charge is 2.31. The lowest BCUT2D eigenvalue weighted by Crippen LogP contribution is -2.22. The zero-order chi connectivity index (χ0) is 14.9. The van der Waals surface area contributed by atoms with Crippen LogP contribution in [0.25, 0.3) is 0 Å². The van der Waals surface area contributed by atoms with E-state index < -0.39 is 17.3 Å². The van der Waals surface area contributed by atoms with Gasteiger partial charge in [-0.25, -0.2) is 0 Å². The van der Waals surface area contributed by atoms with Crippen molar-refractivity contribution in [2.45, 2.75) is 12.7 Å². The standard InChI is InChI=1S/C13H10BrF3N2O/c14-10-3-8(4-11(18)5-10)6-19-7-9(13(15,16)17)1-2-12(19)20/h1-5,7H,6,18H2. The number of nitrogens with two attached hydrogens (primary N) is 1. The zero-order valence-corrected chi connectivity index (χ0v) is 11.7. The van der Waals surface area contributed by atoms with Crippen molar-refractivity contribution in [1.29, 1.82) is 0 Å². The van der Waals surface area contributed by atoms with Gasteiger partial charge in [-0.05, 0) is 29.8 Å². The number of nitrogen functional groups attached to an aromatic ring is 1. The average Bonchev–Trinajstić information content (AvgIpc) is 2.29. The van der Waals surface area contributed by atoms with Gasteiger partial charge >= 0.3 is 6.18 Å². The van der Waals surface area contributed by atoms with Crippen LogP contribution in [0, 0.1) is 0 Å². The van der Waals surface area contributed by atoms with E-state index in [-0.39, 0.29) is 6.54 Å². The zero-order valence-electron chi connectivity index (χ0n) is 10.1. The Morgan fingerprint density at radius 2 is 1.90 bits per heavy atom. The fourth-order valence-corrected chi connectivity index (χ4v) is 2.34. The number of benzene rings is 1. The highest BCUT2D eigenvalue weighted by atomic mass is 79.9. The van der Waals surface area contributed by atoms with Crippen LogP contribution in [0.15, 0.2) is 45.8 Å². The summed E-state index contributed by atoms with van der Waals surface area (Å²) < 4.78 is 39.6. The Morgan fingerprint density at radius 1 is 1.20 bits per heavy atom. The number of anilines is 1. The van der Waals surface area contributed by atoms with Crippen molar-refractivity contribution in [3.63, 3.8) is 0 Å². The van der Waals surface area contributed by atoms with Gasteiger partial charge in [0.1, 0.15) is 0 Å². The number of rotatable bonds is 2. The number of aromatic nitrogens is 1. The molecule has 0 atom stereocenters. The Bertz CT molecular complexity index is 674. The fraction of sp³-hybridized carbons (Fsp3) is 0.154. The van der Waals surface area contributed by atoms with Gasteiger partial charge in [-0.15, -0.1) is 0 Å². The molecule has 1 heterocycles. The molecule has 0 radical (unpaired) electrons. The van der Waals surface area contributed by atoms with Gasteiger partial charge in [0.15, 0.2) is 0 Å². The molecule has 2 N–H and O–H groups in total. The summed E-state index contributed by atoms with van der Waals surface area (Å²) >= 11 is 3.24. The molecule has 0 amide bonds. The molecule has 0 unspecified atom stereocenters. The van der Waals surface area contributed by atoms with Crippen LogP contribution < -0.4 is 11.3 Å². The number of pyridine rings is 1. The predicted molar refractivity (Wildman–Crippen MR) is 73.4 cm³/mol. The molecule has 0 aliphatic rings. The third-order valence-electron chi connectivity index (χ3n) is 2.64. The van der Waals surface area contributed by atoms with Crippen molar-refractivity contribution >= 4 is 21.6 Å². The van der Waals surface area contributed by atoms with Crippen molar-refractivity contribution in [3.8, 4) is 0 Å². The first-order valence-electron chi connectivity index (χ1n) is 5.58. The molecule has 0 spiro atoms. The molecule has 7 heteroatoms. The number of alkyl halides is 3. The van der Waals surface area contributed by atoms with E-state index >= 15 is 0 Å². The van der Waals surface area contributed by atoms with Gasteiger partial charge in [-0.1, -0.05) is 15.9 Å². The van der Waals surface area contributed by atoms with Crippen molar-refractivity contribution in [3.05, 3.63) is 62.5 Å². The van der Waals surface area contributed by atoms with Gasteiger partial charge < -0.3 is 10.3 Å². The molecule has 0 aliphatic heterocycles. The second-order valence-corrected chi connectivity index (χ2v) is 5.19. The molecule has 0 saturated heterocycles. The number of halogens is 4. The molecule has 1 aromatic carbocycles. The van der Waals surface area contributed by atoms with Gasteiger partial charge in [-0.2, -0.15) is 13.2 Å². The van der Waals surface area contributed by atoms with Gasteiger partial charge in [0, 0.05) is 22.4 Å². The lowest BCUT2D eigenvalue weighted by atomic mass is 10.2. The Balaban J connectivity index is 2.40. The van der Waals surface area contributed by atoms with Crippen LogP contribution in [0.2, 0.25) is 0 Å². The molecular weight excluding hydrogens is 337 g/mol. The molecular formula is C13H10BrF3N2O. The minimum absolute atomic E-state index is 0.0202. The first kappa shape index (κ1) is 14.6. The van der Waals surface area contributed by atoms with E-state index in [2.05, 4.69) is 15.9 Å². The monoisotopic (exact) mass is 346 g/mol.